The minimum absolute atomic E-state index is 0.222. The first kappa shape index (κ1) is 17.5. The molecule has 4 nitrogen and oxygen atoms in total. The Hall–Kier alpha value is -2.33. The van der Waals surface area contributed by atoms with Crippen molar-refractivity contribution >= 4 is 23.5 Å². The largest absolute Gasteiger partial charge is 0.464 e. The normalized spacial score (nSPS) is 22.6. The van der Waals surface area contributed by atoms with Gasteiger partial charge in [-0.25, -0.2) is 4.79 Å². The molecule has 0 saturated carbocycles. The molecule has 2 aromatic carbocycles. The van der Waals surface area contributed by atoms with Gasteiger partial charge in [0.1, 0.15) is 0 Å². The summed E-state index contributed by atoms with van der Waals surface area (Å²) in [5, 5.41) is -0.322. The standard InChI is InChI=1S/C20H20ClNO3/c1-2-25-19(24)20(16-11-7-4-8-12-16)13-17(21)14-22(20)18(23)15-9-5-3-6-10-15/h3-12,17H,2,13-14H2,1H3/t17-,20-/m0/s1. The van der Waals surface area contributed by atoms with Crippen LogP contribution in [0.15, 0.2) is 60.7 Å². The fourth-order valence-electron chi connectivity index (χ4n) is 3.39. The maximum absolute atomic E-state index is 13.1. The highest BCUT2D eigenvalue weighted by molar-refractivity contribution is 6.21. The molecule has 0 unspecified atom stereocenters. The molecular weight excluding hydrogens is 338 g/mol. The van der Waals surface area contributed by atoms with E-state index in [0.29, 0.717) is 18.5 Å². The summed E-state index contributed by atoms with van der Waals surface area (Å²) in [5.41, 5.74) is 0.0510. The number of ether oxygens (including phenoxy) is 1. The van der Waals surface area contributed by atoms with Crippen molar-refractivity contribution in [2.24, 2.45) is 0 Å². The number of likely N-dealkylation sites (tertiary alicyclic amines) is 1. The molecule has 1 fully saturated rings. The Balaban J connectivity index is 2.11. The number of nitrogens with zero attached hydrogens (tertiary/aromatic N) is 1. The summed E-state index contributed by atoms with van der Waals surface area (Å²) in [6.07, 6.45) is 0.329. The van der Waals surface area contributed by atoms with Gasteiger partial charge < -0.3 is 9.64 Å². The predicted octanol–water partition coefficient (Wildman–Crippen LogP) is 3.60. The maximum atomic E-state index is 13.1. The summed E-state index contributed by atoms with van der Waals surface area (Å²) in [6, 6.07) is 18.2. The summed E-state index contributed by atoms with van der Waals surface area (Å²) >= 11 is 6.42. The highest BCUT2D eigenvalue weighted by Gasteiger charge is 2.55. The lowest BCUT2D eigenvalue weighted by molar-refractivity contribution is -0.155. The molecular formula is C20H20ClNO3. The minimum atomic E-state index is -1.20. The molecule has 1 aliphatic rings. The van der Waals surface area contributed by atoms with Gasteiger partial charge in [0.25, 0.3) is 5.91 Å². The topological polar surface area (TPSA) is 46.6 Å². The number of carbonyl (C=O) groups excluding carboxylic acids is 2. The van der Waals surface area contributed by atoms with Crippen LogP contribution in [-0.2, 0) is 15.1 Å². The SMILES string of the molecule is CCOC(=O)[C@@]1(c2ccccc2)C[C@H](Cl)CN1C(=O)c1ccccc1. The monoisotopic (exact) mass is 357 g/mol. The lowest BCUT2D eigenvalue weighted by Crippen LogP contribution is -2.51. The lowest BCUT2D eigenvalue weighted by Gasteiger charge is -2.36. The third-order valence-electron chi connectivity index (χ3n) is 4.49. The van der Waals surface area contributed by atoms with Crippen LogP contribution < -0.4 is 0 Å². The third kappa shape index (κ3) is 3.14. The molecule has 1 amide bonds. The van der Waals surface area contributed by atoms with E-state index in [4.69, 9.17) is 16.3 Å². The van der Waals surface area contributed by atoms with Gasteiger partial charge in [0, 0.05) is 18.5 Å². The molecule has 5 heteroatoms. The Labute approximate surface area is 152 Å². The van der Waals surface area contributed by atoms with E-state index in [0.717, 1.165) is 5.56 Å². The molecule has 2 aromatic rings. The number of esters is 1. The number of halogens is 1. The summed E-state index contributed by atoms with van der Waals surface area (Å²) in [4.78, 5) is 27.7. The van der Waals surface area contributed by atoms with E-state index >= 15 is 0 Å². The lowest BCUT2D eigenvalue weighted by atomic mass is 9.86. The van der Waals surface area contributed by atoms with Crippen molar-refractivity contribution in [3.8, 4) is 0 Å². The van der Waals surface area contributed by atoms with Crippen LogP contribution >= 0.6 is 11.6 Å². The Morgan fingerprint density at radius 1 is 1.12 bits per heavy atom. The Morgan fingerprint density at radius 2 is 1.72 bits per heavy atom. The van der Waals surface area contributed by atoms with E-state index < -0.39 is 11.5 Å². The zero-order chi connectivity index (χ0) is 17.9. The number of hydrogen-bond donors (Lipinski definition) is 0. The van der Waals surface area contributed by atoms with Gasteiger partial charge in [-0.15, -0.1) is 11.6 Å². The Bertz CT molecular complexity index is 750. The smallest absolute Gasteiger partial charge is 0.336 e. The van der Waals surface area contributed by atoms with E-state index in [1.807, 2.05) is 36.4 Å². The number of hydrogen-bond acceptors (Lipinski definition) is 3. The van der Waals surface area contributed by atoms with Gasteiger partial charge in [-0.1, -0.05) is 48.5 Å². The predicted molar refractivity (Wildman–Crippen MR) is 96.5 cm³/mol. The van der Waals surface area contributed by atoms with E-state index in [1.165, 1.54) is 0 Å². The van der Waals surface area contributed by atoms with Crippen LogP contribution in [0.5, 0.6) is 0 Å². The van der Waals surface area contributed by atoms with Crippen molar-refractivity contribution in [3.63, 3.8) is 0 Å². The van der Waals surface area contributed by atoms with Gasteiger partial charge in [0.15, 0.2) is 5.54 Å². The first-order chi connectivity index (χ1) is 12.1. The van der Waals surface area contributed by atoms with Crippen molar-refractivity contribution in [3.05, 3.63) is 71.8 Å². The number of alkyl halides is 1. The number of amides is 1. The van der Waals surface area contributed by atoms with Gasteiger partial charge in [-0.05, 0) is 24.6 Å². The van der Waals surface area contributed by atoms with Gasteiger partial charge in [-0.2, -0.15) is 0 Å². The van der Waals surface area contributed by atoms with Crippen molar-refractivity contribution in [1.82, 2.24) is 4.90 Å². The average molecular weight is 358 g/mol. The summed E-state index contributed by atoms with van der Waals surface area (Å²) < 4.78 is 5.36. The number of carbonyl (C=O) groups is 2. The molecule has 2 atom stereocenters. The molecule has 1 heterocycles. The van der Waals surface area contributed by atoms with E-state index in [2.05, 4.69) is 0 Å². The molecule has 1 aliphatic heterocycles. The Morgan fingerprint density at radius 3 is 2.32 bits per heavy atom. The van der Waals surface area contributed by atoms with Crippen LogP contribution in [0.3, 0.4) is 0 Å². The molecule has 0 aliphatic carbocycles. The van der Waals surface area contributed by atoms with Crippen molar-refractivity contribution in [2.75, 3.05) is 13.2 Å². The zero-order valence-corrected chi connectivity index (χ0v) is 14.8. The molecule has 0 bridgehead atoms. The van der Waals surface area contributed by atoms with Crippen LogP contribution in [0.2, 0.25) is 0 Å². The molecule has 0 spiro atoms. The molecule has 3 rings (SSSR count). The highest BCUT2D eigenvalue weighted by atomic mass is 35.5. The van der Waals surface area contributed by atoms with Crippen molar-refractivity contribution < 1.29 is 14.3 Å². The third-order valence-corrected chi connectivity index (χ3v) is 4.78. The van der Waals surface area contributed by atoms with Crippen molar-refractivity contribution in [2.45, 2.75) is 24.3 Å². The summed E-state index contributed by atoms with van der Waals surface area (Å²) in [5.74, 6) is -0.658. The van der Waals surface area contributed by atoms with E-state index in [-0.39, 0.29) is 17.9 Å². The second-order valence-electron chi connectivity index (χ2n) is 6.03. The second kappa shape index (κ2) is 7.28. The molecule has 25 heavy (non-hydrogen) atoms. The summed E-state index contributed by atoms with van der Waals surface area (Å²) in [6.45, 7) is 2.30. The fourth-order valence-corrected chi connectivity index (χ4v) is 3.75. The minimum Gasteiger partial charge on any atom is -0.464 e. The molecule has 1 saturated heterocycles. The quantitative estimate of drug-likeness (QED) is 0.620. The van der Waals surface area contributed by atoms with Crippen LogP contribution in [0.4, 0.5) is 0 Å². The van der Waals surface area contributed by atoms with Gasteiger partial charge in [-0.3, -0.25) is 4.79 Å². The maximum Gasteiger partial charge on any atom is 0.336 e. The van der Waals surface area contributed by atoms with Crippen LogP contribution in [0, 0.1) is 0 Å². The Kier molecular flexibility index (Phi) is 5.09. The zero-order valence-electron chi connectivity index (χ0n) is 14.0. The second-order valence-corrected chi connectivity index (χ2v) is 6.65. The number of benzene rings is 2. The molecule has 0 N–H and O–H groups in total. The first-order valence-electron chi connectivity index (χ1n) is 8.33. The highest BCUT2D eigenvalue weighted by Crippen LogP contribution is 2.42. The molecule has 130 valence electrons. The molecule has 0 aromatic heterocycles. The molecule has 0 radical (unpaired) electrons. The van der Waals surface area contributed by atoms with E-state index in [9.17, 15) is 9.59 Å². The van der Waals surface area contributed by atoms with Crippen molar-refractivity contribution in [1.29, 1.82) is 0 Å². The van der Waals surface area contributed by atoms with Gasteiger partial charge in [0.05, 0.1) is 12.0 Å². The number of rotatable bonds is 4. The fraction of sp³-hybridized carbons (Fsp3) is 0.300. The van der Waals surface area contributed by atoms with Gasteiger partial charge >= 0.3 is 5.97 Å². The van der Waals surface area contributed by atoms with Gasteiger partial charge in [0.2, 0.25) is 0 Å². The van der Waals surface area contributed by atoms with Crippen LogP contribution in [0.25, 0.3) is 0 Å². The first-order valence-corrected chi connectivity index (χ1v) is 8.77. The summed E-state index contributed by atoms with van der Waals surface area (Å²) in [7, 11) is 0. The van der Waals surface area contributed by atoms with E-state index in [1.54, 1.807) is 36.1 Å². The van der Waals surface area contributed by atoms with Crippen LogP contribution in [-0.4, -0.2) is 35.3 Å². The van der Waals surface area contributed by atoms with Crippen LogP contribution in [0.1, 0.15) is 29.3 Å². The average Bonchev–Trinajstić information content (AvgIpc) is 3.01.